The van der Waals surface area contributed by atoms with Crippen LogP contribution >= 0.6 is 27.3 Å². The first kappa shape index (κ1) is 19.2. The third-order valence-electron chi connectivity index (χ3n) is 3.84. The van der Waals surface area contributed by atoms with Crippen molar-refractivity contribution in [1.82, 2.24) is 4.90 Å². The molecular weight excluding hydrogens is 402 g/mol. The van der Waals surface area contributed by atoms with Crippen molar-refractivity contribution in [2.24, 2.45) is 0 Å². The van der Waals surface area contributed by atoms with Gasteiger partial charge in [0.05, 0.1) is 10.4 Å². The van der Waals surface area contributed by atoms with Crippen molar-refractivity contribution in [2.45, 2.75) is 20.8 Å². The predicted octanol–water partition coefficient (Wildman–Crippen LogP) is 4.43. The number of amides is 2. The third-order valence-corrected chi connectivity index (χ3v) is 5.56. The van der Waals surface area contributed by atoms with Crippen molar-refractivity contribution >= 4 is 44.1 Å². The molecule has 0 bridgehead atoms. The fourth-order valence-corrected chi connectivity index (χ4v) is 3.76. The van der Waals surface area contributed by atoms with E-state index < -0.39 is 0 Å². The second kappa shape index (κ2) is 8.28. The number of thiophene rings is 1. The molecule has 0 aliphatic heterocycles. The van der Waals surface area contributed by atoms with Gasteiger partial charge in [-0.2, -0.15) is 5.26 Å². The summed E-state index contributed by atoms with van der Waals surface area (Å²) in [6.07, 6.45) is 0. The average Bonchev–Trinajstić information content (AvgIpc) is 2.91. The zero-order chi connectivity index (χ0) is 18.6. The zero-order valence-electron chi connectivity index (χ0n) is 14.2. The lowest BCUT2D eigenvalue weighted by Crippen LogP contribution is -2.30. The van der Waals surface area contributed by atoms with E-state index in [1.54, 1.807) is 36.1 Å². The van der Waals surface area contributed by atoms with Gasteiger partial charge in [0.2, 0.25) is 0 Å². The third kappa shape index (κ3) is 4.09. The molecule has 0 radical (unpaired) electrons. The number of carbonyl (C=O) groups is 2. The van der Waals surface area contributed by atoms with E-state index in [1.807, 2.05) is 13.8 Å². The smallest absolute Gasteiger partial charge is 0.264 e. The molecule has 5 nitrogen and oxygen atoms in total. The van der Waals surface area contributed by atoms with Gasteiger partial charge in [0.15, 0.2) is 0 Å². The largest absolute Gasteiger partial charge is 0.338 e. The number of anilines is 1. The van der Waals surface area contributed by atoms with Crippen LogP contribution in [0.15, 0.2) is 28.7 Å². The second-order valence-corrected chi connectivity index (χ2v) is 7.25. The van der Waals surface area contributed by atoms with E-state index in [4.69, 9.17) is 0 Å². The van der Waals surface area contributed by atoms with E-state index in [9.17, 15) is 14.9 Å². The van der Waals surface area contributed by atoms with Gasteiger partial charge in [-0.15, -0.1) is 11.3 Å². The van der Waals surface area contributed by atoms with E-state index in [0.717, 1.165) is 15.8 Å². The topological polar surface area (TPSA) is 73.2 Å². The highest BCUT2D eigenvalue weighted by Crippen LogP contribution is 2.33. The predicted molar refractivity (Wildman–Crippen MR) is 103 cm³/mol. The Balaban J connectivity index is 2.34. The van der Waals surface area contributed by atoms with Crippen LogP contribution < -0.4 is 5.32 Å². The summed E-state index contributed by atoms with van der Waals surface area (Å²) >= 11 is 4.47. The van der Waals surface area contributed by atoms with Gasteiger partial charge in [-0.25, -0.2) is 0 Å². The molecule has 7 heteroatoms. The summed E-state index contributed by atoms with van der Waals surface area (Å²) in [7, 11) is 0. The summed E-state index contributed by atoms with van der Waals surface area (Å²) in [5.74, 6) is -0.430. The number of nitrogens with zero attached hydrogens (tertiary/aromatic N) is 2. The summed E-state index contributed by atoms with van der Waals surface area (Å²) in [6, 6.07) is 9.02. The molecule has 2 amide bonds. The van der Waals surface area contributed by atoms with Gasteiger partial charge in [-0.3, -0.25) is 9.59 Å². The maximum absolute atomic E-state index is 12.6. The van der Waals surface area contributed by atoms with Crippen molar-refractivity contribution in [1.29, 1.82) is 5.26 Å². The molecule has 1 aromatic heterocycles. The number of halogens is 1. The molecule has 0 spiro atoms. The molecule has 0 saturated heterocycles. The highest BCUT2D eigenvalue weighted by atomic mass is 79.9. The van der Waals surface area contributed by atoms with Gasteiger partial charge in [-0.1, -0.05) is 15.9 Å². The monoisotopic (exact) mass is 419 g/mol. The number of hydrogen-bond donors (Lipinski definition) is 1. The van der Waals surface area contributed by atoms with Gasteiger partial charge in [0, 0.05) is 23.1 Å². The molecule has 1 heterocycles. The minimum atomic E-state index is -0.313. The minimum absolute atomic E-state index is 0.117. The number of rotatable bonds is 5. The lowest BCUT2D eigenvalue weighted by atomic mass is 10.1. The lowest BCUT2D eigenvalue weighted by molar-refractivity contribution is 0.0777. The molecule has 0 fully saturated rings. The fraction of sp³-hybridized carbons (Fsp3) is 0.278. The average molecular weight is 420 g/mol. The summed E-state index contributed by atoms with van der Waals surface area (Å²) in [6.45, 7) is 6.74. The molecule has 0 aliphatic rings. The van der Waals surface area contributed by atoms with Gasteiger partial charge < -0.3 is 10.2 Å². The number of benzene rings is 1. The Kier molecular flexibility index (Phi) is 6.34. The maximum Gasteiger partial charge on any atom is 0.264 e. The molecule has 2 rings (SSSR count). The molecule has 0 atom stereocenters. The number of nitriles is 1. The molecule has 1 N–H and O–H groups in total. The Labute approximate surface area is 159 Å². The van der Waals surface area contributed by atoms with E-state index in [-0.39, 0.29) is 11.8 Å². The summed E-state index contributed by atoms with van der Waals surface area (Å²) in [5.41, 5.74) is 1.43. The van der Waals surface area contributed by atoms with Crippen LogP contribution in [-0.4, -0.2) is 29.8 Å². The Hall–Kier alpha value is -2.17. The van der Waals surface area contributed by atoms with Gasteiger partial charge >= 0.3 is 0 Å². The van der Waals surface area contributed by atoms with Gasteiger partial charge in [0.25, 0.3) is 11.8 Å². The SMILES string of the molecule is CCN(CC)C(=O)c1sc(NC(=O)c2ccc(Br)cc2)c(C#N)c1C. The summed E-state index contributed by atoms with van der Waals surface area (Å²) in [4.78, 5) is 27.2. The zero-order valence-corrected chi connectivity index (χ0v) is 16.6. The Morgan fingerprint density at radius 1 is 1.24 bits per heavy atom. The quantitative estimate of drug-likeness (QED) is 0.778. The first-order chi connectivity index (χ1) is 11.9. The molecule has 1 aromatic carbocycles. The summed E-state index contributed by atoms with van der Waals surface area (Å²) in [5, 5.41) is 12.6. The van der Waals surface area contributed by atoms with Crippen LogP contribution in [0.2, 0.25) is 0 Å². The Bertz CT molecular complexity index is 833. The van der Waals surface area contributed by atoms with Crippen LogP contribution in [0.3, 0.4) is 0 Å². The fourth-order valence-electron chi connectivity index (χ4n) is 2.37. The van der Waals surface area contributed by atoms with Gasteiger partial charge in [0.1, 0.15) is 11.1 Å². The highest BCUT2D eigenvalue weighted by molar-refractivity contribution is 9.10. The molecule has 0 unspecified atom stereocenters. The van der Waals surface area contributed by atoms with Crippen LogP contribution in [0.1, 0.15) is 45.0 Å². The minimum Gasteiger partial charge on any atom is -0.338 e. The molecule has 25 heavy (non-hydrogen) atoms. The van der Waals surface area contributed by atoms with Crippen LogP contribution in [-0.2, 0) is 0 Å². The normalized spacial score (nSPS) is 10.2. The Morgan fingerprint density at radius 3 is 2.36 bits per heavy atom. The van der Waals surface area contributed by atoms with Crippen LogP contribution in [0.4, 0.5) is 5.00 Å². The van der Waals surface area contributed by atoms with Crippen molar-refractivity contribution in [3.05, 3.63) is 50.3 Å². The first-order valence-corrected chi connectivity index (χ1v) is 9.43. The molecule has 130 valence electrons. The molecule has 0 saturated carbocycles. The van der Waals surface area contributed by atoms with Crippen molar-refractivity contribution in [3.63, 3.8) is 0 Å². The molecule has 0 aliphatic carbocycles. The van der Waals surface area contributed by atoms with Crippen LogP contribution in [0.25, 0.3) is 0 Å². The van der Waals surface area contributed by atoms with Crippen molar-refractivity contribution < 1.29 is 9.59 Å². The molecular formula is C18H18BrN3O2S. The Morgan fingerprint density at radius 2 is 1.84 bits per heavy atom. The second-order valence-electron chi connectivity index (χ2n) is 5.31. The standard InChI is InChI=1S/C18H18BrN3O2S/c1-4-22(5-2)18(24)15-11(3)14(10-20)17(25-15)21-16(23)12-6-8-13(19)9-7-12/h6-9H,4-5H2,1-3H3,(H,21,23). The van der Waals surface area contributed by atoms with E-state index in [0.29, 0.717) is 39.7 Å². The molecule has 2 aromatic rings. The van der Waals surface area contributed by atoms with Gasteiger partial charge in [-0.05, 0) is 50.6 Å². The first-order valence-electron chi connectivity index (χ1n) is 7.82. The number of carbonyl (C=O) groups excluding carboxylic acids is 2. The van der Waals surface area contributed by atoms with E-state index >= 15 is 0 Å². The highest BCUT2D eigenvalue weighted by Gasteiger charge is 2.24. The van der Waals surface area contributed by atoms with Crippen LogP contribution in [0.5, 0.6) is 0 Å². The van der Waals surface area contributed by atoms with E-state index in [1.165, 1.54) is 0 Å². The maximum atomic E-state index is 12.6. The van der Waals surface area contributed by atoms with E-state index in [2.05, 4.69) is 27.3 Å². The number of nitrogens with one attached hydrogen (secondary N) is 1. The van der Waals surface area contributed by atoms with Crippen molar-refractivity contribution in [3.8, 4) is 6.07 Å². The lowest BCUT2D eigenvalue weighted by Gasteiger charge is -2.17. The number of hydrogen-bond acceptors (Lipinski definition) is 4. The van der Waals surface area contributed by atoms with Crippen LogP contribution in [0, 0.1) is 18.3 Å². The van der Waals surface area contributed by atoms with Crippen molar-refractivity contribution in [2.75, 3.05) is 18.4 Å². The summed E-state index contributed by atoms with van der Waals surface area (Å²) < 4.78 is 0.876.